The zero-order valence-corrected chi connectivity index (χ0v) is 39.2. The largest absolute Gasteiger partial charge is 0.647 e. The van der Waals surface area contributed by atoms with Gasteiger partial charge in [0.1, 0.15) is 0 Å². The number of hydrogen-bond acceptors (Lipinski definition) is 13. The Kier molecular flexibility index (Phi) is 15.4. The molecule has 16 nitrogen and oxygen atoms in total. The molecule has 0 aliphatic heterocycles. The van der Waals surface area contributed by atoms with Gasteiger partial charge in [0.05, 0.1) is 38.4 Å². The van der Waals surface area contributed by atoms with Gasteiger partial charge in [-0.15, -0.1) is 0 Å². The van der Waals surface area contributed by atoms with Crippen molar-refractivity contribution in [3.8, 4) is 34.5 Å². The Morgan fingerprint density at radius 1 is 0.324 bits per heavy atom. The highest BCUT2D eigenvalue weighted by molar-refractivity contribution is 7.93. The van der Waals surface area contributed by atoms with Crippen molar-refractivity contribution in [3.63, 3.8) is 0 Å². The van der Waals surface area contributed by atoms with Crippen LogP contribution in [0, 0.1) is 87.3 Å². The van der Waals surface area contributed by atoms with Gasteiger partial charge >= 0.3 is 7.82 Å². The second kappa shape index (κ2) is 20.5. The zero-order chi connectivity index (χ0) is 55.3. The van der Waals surface area contributed by atoms with Crippen molar-refractivity contribution in [1.82, 2.24) is 0 Å². The first-order valence-electron chi connectivity index (χ1n) is 18.7. The number of nitrogens with one attached hydrogen (secondary N) is 3. The molecule has 0 aliphatic rings. The van der Waals surface area contributed by atoms with Crippen LogP contribution in [0.4, 0.5) is 82.9 Å². The highest BCUT2D eigenvalue weighted by Gasteiger charge is 2.40. The molecule has 0 aliphatic carbocycles. The molecule has 0 aromatic heterocycles. The first-order valence-corrected chi connectivity index (χ1v) is 24.6. The number of anilines is 3. The fourth-order valence-electron chi connectivity index (χ4n) is 5.93. The van der Waals surface area contributed by atoms with E-state index in [1.54, 1.807) is 0 Å². The van der Waals surface area contributed by atoms with Crippen molar-refractivity contribution in [1.29, 1.82) is 0 Å². The lowest BCUT2D eigenvalue weighted by atomic mass is 10.3. The minimum absolute atomic E-state index is 0.402. The first kappa shape index (κ1) is 55.9. The van der Waals surface area contributed by atoms with Crippen LogP contribution in [-0.4, -0.2) is 46.6 Å². The van der Waals surface area contributed by atoms with E-state index in [1.807, 2.05) is 0 Å². The van der Waals surface area contributed by atoms with Crippen LogP contribution in [0.5, 0.6) is 34.5 Å². The van der Waals surface area contributed by atoms with Crippen molar-refractivity contribution in [2.45, 2.75) is 14.7 Å². The van der Waals surface area contributed by atoms with Gasteiger partial charge in [-0.1, -0.05) is 0 Å². The Hall–Kier alpha value is -7.45. The van der Waals surface area contributed by atoms with Gasteiger partial charge in [0, 0.05) is 18.2 Å². The molecule has 0 heterocycles. The average molecular weight is 1150 g/mol. The maximum atomic E-state index is 15.1. The number of ether oxygens (including phenoxy) is 3. The summed E-state index contributed by atoms with van der Waals surface area (Å²) in [6.45, 7) is 0. The molecule has 3 N–H and O–H groups in total. The van der Waals surface area contributed by atoms with Gasteiger partial charge in [0.2, 0.25) is 17.5 Å². The van der Waals surface area contributed by atoms with Crippen molar-refractivity contribution in [2.24, 2.45) is 0 Å². The number of hydrogen-bond donors (Lipinski definition) is 3. The smallest absolute Gasteiger partial charge is 0.493 e. The molecular weight excluding hydrogens is 1130 g/mol. The minimum atomic E-state index is -6.05. The highest BCUT2D eigenvalue weighted by atomic mass is 32.2. The second-order valence-electron chi connectivity index (χ2n) is 13.8. The van der Waals surface area contributed by atoms with E-state index in [0.717, 1.165) is 21.3 Å². The van der Waals surface area contributed by atoms with Crippen LogP contribution in [0.3, 0.4) is 0 Å². The fraction of sp³-hybridized carbons (Fsp3) is 0.0769. The van der Waals surface area contributed by atoms with Gasteiger partial charge in [0.15, 0.2) is 119 Å². The number of sulfonamides is 3. The summed E-state index contributed by atoms with van der Waals surface area (Å²) in [6.07, 6.45) is 0. The molecule has 0 saturated carbocycles. The molecule has 6 rings (SSSR count). The lowest BCUT2D eigenvalue weighted by molar-refractivity contribution is 0.278. The standard InChI is InChI=1S/C39H21F15N3O13PS3/c1-65-16-7-4-13(55-72(59,60)37-31(49)25(43)22(40)26(44)32(37)50)10-19(16)68-71(58,69-20-11-14(5-8-17(20)66-2)56-73(61,62)38-33(51)27(45)23(41)28(46)34(38)52)70-21-12-15(6-9-18(21)67-3)57-74(63,64)39-35(53)29(47)24(42)30(48)36(39)54/h4-12,55-57H,1-3H3. The van der Waals surface area contributed by atoms with Crippen LogP contribution in [0.1, 0.15) is 0 Å². The summed E-state index contributed by atoms with van der Waals surface area (Å²) in [6, 6.07) is 5.36. The van der Waals surface area contributed by atoms with E-state index < -0.39 is 191 Å². The summed E-state index contributed by atoms with van der Waals surface area (Å²) in [5.74, 6) is -46.9. The Balaban J connectivity index is 1.50. The maximum Gasteiger partial charge on any atom is 0.647 e. The number of halogens is 15. The monoisotopic (exact) mass is 1150 g/mol. The number of phosphoric ester groups is 1. The van der Waals surface area contributed by atoms with Crippen LogP contribution in [0.15, 0.2) is 69.3 Å². The van der Waals surface area contributed by atoms with Crippen molar-refractivity contribution in [2.75, 3.05) is 35.5 Å². The Labute approximate surface area is 403 Å². The van der Waals surface area contributed by atoms with Gasteiger partial charge in [-0.2, -0.15) is 4.57 Å². The fourth-order valence-corrected chi connectivity index (χ4v) is 10.8. The average Bonchev–Trinajstić information content (AvgIpc) is 3.32. The molecule has 0 spiro atoms. The molecule has 0 radical (unpaired) electrons. The quantitative estimate of drug-likeness (QED) is 0.0317. The molecular formula is C39H21F15N3O13PS3. The molecule has 398 valence electrons. The van der Waals surface area contributed by atoms with E-state index in [9.17, 15) is 91.1 Å². The Morgan fingerprint density at radius 2 is 0.514 bits per heavy atom. The van der Waals surface area contributed by atoms with Crippen molar-refractivity contribution >= 4 is 55.0 Å². The van der Waals surface area contributed by atoms with E-state index in [1.165, 1.54) is 14.2 Å². The van der Waals surface area contributed by atoms with Gasteiger partial charge in [-0.25, -0.2) is 91.1 Å². The van der Waals surface area contributed by atoms with E-state index in [2.05, 4.69) is 0 Å². The Bertz CT molecular complexity index is 3250. The summed E-state index contributed by atoms with van der Waals surface area (Å²) in [5, 5.41) is 0. The van der Waals surface area contributed by atoms with Crippen LogP contribution < -0.4 is 41.9 Å². The molecule has 74 heavy (non-hydrogen) atoms. The highest BCUT2D eigenvalue weighted by Crippen LogP contribution is 2.55. The van der Waals surface area contributed by atoms with E-state index >= 15 is 4.57 Å². The van der Waals surface area contributed by atoms with Gasteiger partial charge < -0.3 is 27.8 Å². The summed E-state index contributed by atoms with van der Waals surface area (Å²) in [4.78, 5) is -7.26. The first-order chi connectivity index (χ1) is 34.3. The predicted molar refractivity (Wildman–Crippen MR) is 220 cm³/mol. The van der Waals surface area contributed by atoms with Crippen LogP contribution >= 0.6 is 7.82 Å². The summed E-state index contributed by atoms with van der Waals surface area (Å²) in [5.41, 5.74) is -2.92. The topological polar surface area (TPSA) is 211 Å². The van der Waals surface area contributed by atoms with Gasteiger partial charge in [0.25, 0.3) is 30.1 Å². The molecule has 35 heteroatoms. The second-order valence-corrected chi connectivity index (χ2v) is 20.1. The van der Waals surface area contributed by atoms with Gasteiger partial charge in [-0.05, 0) is 36.4 Å². The molecule has 0 bridgehead atoms. The lowest BCUT2D eigenvalue weighted by Gasteiger charge is -2.23. The molecule has 6 aromatic carbocycles. The Morgan fingerprint density at radius 3 is 0.703 bits per heavy atom. The van der Waals surface area contributed by atoms with E-state index in [0.29, 0.717) is 54.6 Å². The number of benzene rings is 6. The van der Waals surface area contributed by atoms with Crippen LogP contribution in [0.25, 0.3) is 0 Å². The number of rotatable bonds is 18. The SMILES string of the molecule is COc1ccc(NS(=O)(=O)c2c(F)c(F)c(F)c(F)c2F)cc1OP(=O)(Oc1cc(NS(=O)(=O)c2c(F)c(F)c(F)c(F)c2F)ccc1OC)Oc1cc(NS(=O)(=O)c2c(F)c(F)c(F)c(F)c2F)ccc1OC. The third kappa shape index (κ3) is 10.5. The number of methoxy groups -OCH3 is 3. The molecule has 0 amide bonds. The van der Waals surface area contributed by atoms with Crippen LogP contribution in [0.2, 0.25) is 0 Å². The van der Waals surface area contributed by atoms with Gasteiger partial charge in [-0.3, -0.25) is 14.2 Å². The molecule has 0 fully saturated rings. The molecule has 0 unspecified atom stereocenters. The van der Waals surface area contributed by atoms with Crippen LogP contribution in [-0.2, 0) is 34.6 Å². The molecule has 0 atom stereocenters. The normalized spacial score (nSPS) is 12.0. The summed E-state index contributed by atoms with van der Waals surface area (Å²) < 4.78 is 343. The third-order valence-electron chi connectivity index (χ3n) is 9.19. The summed E-state index contributed by atoms with van der Waals surface area (Å²) in [7, 11) is -21.1. The van der Waals surface area contributed by atoms with E-state index in [-0.39, 0.29) is 0 Å². The maximum absolute atomic E-state index is 15.1. The molecule has 0 saturated heterocycles. The zero-order valence-electron chi connectivity index (χ0n) is 35.8. The minimum Gasteiger partial charge on any atom is -0.493 e. The lowest BCUT2D eigenvalue weighted by Crippen LogP contribution is -2.20. The predicted octanol–water partition coefficient (Wildman–Crippen LogP) is 9.85. The molecule has 6 aromatic rings. The van der Waals surface area contributed by atoms with E-state index in [4.69, 9.17) is 27.8 Å². The number of phosphoric acid groups is 1. The third-order valence-corrected chi connectivity index (χ3v) is 14.7. The van der Waals surface area contributed by atoms with Crippen molar-refractivity contribution in [3.05, 3.63) is 142 Å². The summed E-state index contributed by atoms with van der Waals surface area (Å²) >= 11 is 0. The van der Waals surface area contributed by atoms with Crippen molar-refractivity contribution < 1.29 is 123 Å².